The molecule has 5 N–H and O–H groups in total. The quantitative estimate of drug-likeness (QED) is 0.548. The van der Waals surface area contributed by atoms with Crippen LogP contribution in [0, 0.1) is 0 Å². The molecule has 4 rings (SSSR count). The monoisotopic (exact) mass is 429 g/mol. The second-order valence-corrected chi connectivity index (χ2v) is 7.81. The first-order valence-corrected chi connectivity index (χ1v) is 10.4. The van der Waals surface area contributed by atoms with Crippen LogP contribution in [-0.4, -0.2) is 53.9 Å². The van der Waals surface area contributed by atoms with Gasteiger partial charge in [-0.1, -0.05) is 11.6 Å². The first kappa shape index (κ1) is 20.4. The molecule has 0 saturated carbocycles. The summed E-state index contributed by atoms with van der Waals surface area (Å²) >= 11 is 6.22. The average molecular weight is 430 g/mol. The molecule has 1 atom stereocenters. The maximum absolute atomic E-state index is 11.9. The Morgan fingerprint density at radius 1 is 1.17 bits per heavy atom. The van der Waals surface area contributed by atoms with E-state index in [4.69, 9.17) is 17.3 Å². The highest BCUT2D eigenvalue weighted by atomic mass is 35.5. The fraction of sp³-hybridized carbons (Fsp3) is 0.400. The van der Waals surface area contributed by atoms with Gasteiger partial charge in [-0.3, -0.25) is 9.59 Å². The third-order valence-electron chi connectivity index (χ3n) is 5.30. The Hall–Kier alpha value is -2.91. The molecule has 0 radical (unpaired) electrons. The molecule has 0 spiro atoms. The third-order valence-corrected chi connectivity index (χ3v) is 5.57. The van der Waals surface area contributed by atoms with Crippen LogP contribution in [0.1, 0.15) is 29.8 Å². The highest BCUT2D eigenvalue weighted by Gasteiger charge is 2.21. The van der Waals surface area contributed by atoms with Crippen molar-refractivity contribution in [2.24, 2.45) is 5.73 Å². The second kappa shape index (κ2) is 8.85. The van der Waals surface area contributed by atoms with Crippen LogP contribution in [0.5, 0.6) is 0 Å². The fourth-order valence-electron chi connectivity index (χ4n) is 3.64. The molecule has 9 nitrogen and oxygen atoms in total. The molecule has 158 valence electrons. The number of piperidine rings is 1. The van der Waals surface area contributed by atoms with E-state index >= 15 is 0 Å². The average Bonchev–Trinajstić information content (AvgIpc) is 3.24. The molecular formula is C20H24ClN7O2. The molecular weight excluding hydrogens is 406 g/mol. The number of nitrogens with one attached hydrogen (secondary N) is 3. The number of carbonyl (C=O) groups is 2. The summed E-state index contributed by atoms with van der Waals surface area (Å²) in [6.07, 6.45) is 2.10. The van der Waals surface area contributed by atoms with Crippen LogP contribution in [0.25, 0.3) is 0 Å². The Labute approximate surface area is 179 Å². The normalized spacial score (nSPS) is 19.0. The summed E-state index contributed by atoms with van der Waals surface area (Å²) in [5.74, 6) is 0.252. The van der Waals surface area contributed by atoms with E-state index in [0.717, 1.165) is 44.0 Å². The van der Waals surface area contributed by atoms with Crippen LogP contribution in [0.4, 0.5) is 23.0 Å². The Bertz CT molecular complexity index is 935. The number of primary amides is 1. The third kappa shape index (κ3) is 4.63. The zero-order chi connectivity index (χ0) is 21.1. The molecule has 1 aromatic carbocycles. The highest BCUT2D eigenvalue weighted by molar-refractivity contribution is 6.32. The van der Waals surface area contributed by atoms with Gasteiger partial charge in [-0.15, -0.1) is 0 Å². The molecule has 2 saturated heterocycles. The lowest BCUT2D eigenvalue weighted by Crippen LogP contribution is -2.33. The molecule has 3 heterocycles. The summed E-state index contributed by atoms with van der Waals surface area (Å²) < 4.78 is 0. The predicted molar refractivity (Wildman–Crippen MR) is 117 cm³/mol. The summed E-state index contributed by atoms with van der Waals surface area (Å²) in [6, 6.07) is 7.91. The van der Waals surface area contributed by atoms with Gasteiger partial charge in [-0.2, -0.15) is 0 Å². The first-order chi connectivity index (χ1) is 14.5. The lowest BCUT2D eigenvalue weighted by atomic mass is 10.1. The van der Waals surface area contributed by atoms with Gasteiger partial charge in [-0.05, 0) is 37.2 Å². The van der Waals surface area contributed by atoms with Crippen molar-refractivity contribution in [2.75, 3.05) is 41.7 Å². The van der Waals surface area contributed by atoms with Crippen LogP contribution in [0.2, 0.25) is 5.15 Å². The van der Waals surface area contributed by atoms with Gasteiger partial charge in [0.15, 0.2) is 22.5 Å². The Morgan fingerprint density at radius 3 is 2.53 bits per heavy atom. The van der Waals surface area contributed by atoms with Crippen molar-refractivity contribution in [2.45, 2.75) is 25.3 Å². The molecule has 0 bridgehead atoms. The minimum atomic E-state index is -0.712. The maximum atomic E-state index is 11.9. The first-order valence-electron chi connectivity index (χ1n) is 9.98. The van der Waals surface area contributed by atoms with Gasteiger partial charge < -0.3 is 26.6 Å². The molecule has 2 aromatic rings. The van der Waals surface area contributed by atoms with Crippen molar-refractivity contribution < 1.29 is 9.59 Å². The number of nitrogens with zero attached hydrogens (tertiary/aromatic N) is 3. The summed E-state index contributed by atoms with van der Waals surface area (Å²) in [5, 5.41) is 9.76. The van der Waals surface area contributed by atoms with Crippen molar-refractivity contribution in [3.63, 3.8) is 0 Å². The van der Waals surface area contributed by atoms with Crippen molar-refractivity contribution in [1.82, 2.24) is 15.3 Å². The zero-order valence-corrected chi connectivity index (χ0v) is 17.2. The van der Waals surface area contributed by atoms with E-state index in [1.165, 1.54) is 0 Å². The van der Waals surface area contributed by atoms with Gasteiger partial charge in [-0.25, -0.2) is 9.97 Å². The summed E-state index contributed by atoms with van der Waals surface area (Å²) in [5.41, 5.74) is 7.24. The smallest absolute Gasteiger partial charge is 0.271 e. The van der Waals surface area contributed by atoms with Crippen molar-refractivity contribution >= 4 is 46.3 Å². The molecule has 1 amide bonds. The largest absolute Gasteiger partial charge is 0.371 e. The number of hydrogen-bond donors (Lipinski definition) is 4. The fourth-order valence-corrected chi connectivity index (χ4v) is 3.82. The zero-order valence-electron chi connectivity index (χ0n) is 16.4. The van der Waals surface area contributed by atoms with E-state index in [1.807, 2.05) is 24.3 Å². The maximum Gasteiger partial charge on any atom is 0.271 e. The second-order valence-electron chi connectivity index (χ2n) is 7.46. The van der Waals surface area contributed by atoms with Crippen LogP contribution in [-0.2, 0) is 4.79 Å². The number of hydrogen-bond acceptors (Lipinski definition) is 8. The van der Waals surface area contributed by atoms with E-state index in [0.29, 0.717) is 24.4 Å². The van der Waals surface area contributed by atoms with Crippen molar-refractivity contribution in [1.29, 1.82) is 0 Å². The summed E-state index contributed by atoms with van der Waals surface area (Å²) in [4.78, 5) is 34.1. The molecule has 1 aromatic heterocycles. The SMILES string of the molecule is NC(=O)c1nc(Cl)c(N[C@@H]2CCNC2)nc1Nc1ccc(N2CCC(=O)CC2)cc1. The highest BCUT2D eigenvalue weighted by Crippen LogP contribution is 2.27. The predicted octanol–water partition coefficient (Wildman–Crippen LogP) is 1.92. The molecule has 2 aliphatic heterocycles. The Balaban J connectivity index is 1.53. The number of amides is 1. The number of ketones is 1. The number of rotatable bonds is 6. The van der Waals surface area contributed by atoms with Crippen LogP contribution < -0.4 is 26.6 Å². The van der Waals surface area contributed by atoms with Crippen LogP contribution >= 0.6 is 11.6 Å². The molecule has 0 unspecified atom stereocenters. The number of Topliss-reactive ketones (excluding diaryl/α,β-unsaturated/α-hetero) is 1. The molecule has 2 fully saturated rings. The minimum Gasteiger partial charge on any atom is -0.371 e. The van der Waals surface area contributed by atoms with Gasteiger partial charge in [0.25, 0.3) is 5.91 Å². The van der Waals surface area contributed by atoms with Gasteiger partial charge in [0.2, 0.25) is 0 Å². The molecule has 30 heavy (non-hydrogen) atoms. The van der Waals surface area contributed by atoms with Gasteiger partial charge in [0.1, 0.15) is 5.78 Å². The summed E-state index contributed by atoms with van der Waals surface area (Å²) in [7, 11) is 0. The van der Waals surface area contributed by atoms with E-state index in [9.17, 15) is 9.59 Å². The van der Waals surface area contributed by atoms with E-state index in [2.05, 4.69) is 30.8 Å². The molecule has 10 heteroatoms. The Morgan fingerprint density at radius 2 is 1.90 bits per heavy atom. The lowest BCUT2D eigenvalue weighted by Gasteiger charge is -2.28. The Kier molecular flexibility index (Phi) is 6.01. The standard InChI is InChI=1S/C20H24ClN7O2/c21-17-20(25-13-5-8-23-11-13)27-19(16(26-17)18(22)30)24-12-1-3-14(4-2-12)28-9-6-15(29)7-10-28/h1-4,13,23H,5-11H2,(H2,22,30)(H2,24,25,27)/t13-/m1/s1. The van der Waals surface area contributed by atoms with Crippen LogP contribution in [0.3, 0.4) is 0 Å². The van der Waals surface area contributed by atoms with E-state index in [1.54, 1.807) is 0 Å². The van der Waals surface area contributed by atoms with Gasteiger partial charge >= 0.3 is 0 Å². The summed E-state index contributed by atoms with van der Waals surface area (Å²) in [6.45, 7) is 3.18. The molecule has 2 aliphatic rings. The van der Waals surface area contributed by atoms with E-state index < -0.39 is 5.91 Å². The topological polar surface area (TPSA) is 125 Å². The van der Waals surface area contributed by atoms with Gasteiger partial charge in [0.05, 0.1) is 0 Å². The van der Waals surface area contributed by atoms with Crippen LogP contribution in [0.15, 0.2) is 24.3 Å². The minimum absolute atomic E-state index is 0.0197. The van der Waals surface area contributed by atoms with E-state index in [-0.39, 0.29) is 22.7 Å². The van der Waals surface area contributed by atoms with Crippen molar-refractivity contribution in [3.05, 3.63) is 35.1 Å². The van der Waals surface area contributed by atoms with Crippen molar-refractivity contribution in [3.8, 4) is 0 Å². The number of anilines is 4. The molecule has 0 aliphatic carbocycles. The number of halogens is 1. The lowest BCUT2D eigenvalue weighted by molar-refractivity contribution is -0.119. The number of aromatic nitrogens is 2. The number of benzene rings is 1. The number of nitrogens with two attached hydrogens (primary N) is 1. The van der Waals surface area contributed by atoms with Gasteiger partial charge in [0, 0.05) is 49.9 Å². The number of carbonyl (C=O) groups excluding carboxylic acids is 2.